The van der Waals surface area contributed by atoms with Crippen LogP contribution in [0.4, 0.5) is 5.69 Å². The third-order valence-electron chi connectivity index (χ3n) is 2.47. The predicted molar refractivity (Wildman–Crippen MR) is 86.3 cm³/mol. The van der Waals surface area contributed by atoms with Crippen LogP contribution in [0, 0.1) is 0 Å². The van der Waals surface area contributed by atoms with Crippen LogP contribution in [0.3, 0.4) is 0 Å². The molecule has 0 saturated carbocycles. The minimum Gasteiger partial charge on any atom is -0.492 e. The second-order valence-corrected chi connectivity index (χ2v) is 6.99. The van der Waals surface area contributed by atoms with Crippen LogP contribution in [0.5, 0.6) is 5.75 Å². The van der Waals surface area contributed by atoms with Crippen LogP contribution >= 0.6 is 12.2 Å². The summed E-state index contributed by atoms with van der Waals surface area (Å²) in [5.41, 5.74) is 5.70. The van der Waals surface area contributed by atoms with Gasteiger partial charge in [0, 0.05) is 6.42 Å². The maximum atomic E-state index is 11.8. The summed E-state index contributed by atoms with van der Waals surface area (Å²) >= 11 is 4.62. The first kappa shape index (κ1) is 17.4. The molecule has 0 atom stereocenters. The molecule has 0 saturated heterocycles. The van der Waals surface area contributed by atoms with E-state index in [9.17, 15) is 13.2 Å². The standard InChI is InChI=1S/C13H18N2O4S2/c1-2-19-11-6-4-3-5-10(11)15-13(16)9-21(17,18)8-7-12(14)20/h3-6H,2,7-9H2,1H3,(H2,14,20)(H,15,16). The fourth-order valence-corrected chi connectivity index (χ4v) is 2.94. The van der Waals surface area contributed by atoms with Gasteiger partial charge in [-0.1, -0.05) is 24.4 Å². The van der Waals surface area contributed by atoms with Crippen molar-refractivity contribution in [2.75, 3.05) is 23.4 Å². The quantitative estimate of drug-likeness (QED) is 0.693. The summed E-state index contributed by atoms with van der Waals surface area (Å²) in [5, 5.41) is 2.53. The second kappa shape index (κ2) is 7.94. The average molecular weight is 330 g/mol. The highest BCUT2D eigenvalue weighted by Crippen LogP contribution is 2.23. The summed E-state index contributed by atoms with van der Waals surface area (Å²) < 4.78 is 28.8. The number of nitrogens with one attached hydrogen (secondary N) is 1. The van der Waals surface area contributed by atoms with Gasteiger partial charge in [0.1, 0.15) is 11.5 Å². The first-order chi connectivity index (χ1) is 9.84. The Morgan fingerprint density at radius 3 is 2.67 bits per heavy atom. The number of ether oxygens (including phenoxy) is 1. The van der Waals surface area contributed by atoms with Gasteiger partial charge in [-0.3, -0.25) is 4.79 Å². The highest BCUT2D eigenvalue weighted by molar-refractivity contribution is 7.92. The number of sulfone groups is 1. The van der Waals surface area contributed by atoms with E-state index in [-0.39, 0.29) is 17.2 Å². The van der Waals surface area contributed by atoms with Gasteiger partial charge in [0.05, 0.1) is 23.0 Å². The van der Waals surface area contributed by atoms with Gasteiger partial charge in [-0.25, -0.2) is 8.42 Å². The van der Waals surface area contributed by atoms with E-state index < -0.39 is 21.5 Å². The van der Waals surface area contributed by atoms with Gasteiger partial charge < -0.3 is 15.8 Å². The second-order valence-electron chi connectivity index (χ2n) is 4.29. The van der Waals surface area contributed by atoms with Gasteiger partial charge in [-0.05, 0) is 19.1 Å². The highest BCUT2D eigenvalue weighted by Gasteiger charge is 2.18. The molecule has 0 spiro atoms. The number of rotatable bonds is 8. The molecule has 1 aromatic carbocycles. The molecule has 0 radical (unpaired) electrons. The Kier molecular flexibility index (Phi) is 6.57. The molecule has 1 amide bonds. The maximum absolute atomic E-state index is 11.8. The van der Waals surface area contributed by atoms with Gasteiger partial charge in [0.15, 0.2) is 9.84 Å². The first-order valence-corrected chi connectivity index (χ1v) is 8.57. The number of hydrogen-bond donors (Lipinski definition) is 2. The molecule has 1 rings (SSSR count). The van der Waals surface area contributed by atoms with Gasteiger partial charge in [0.25, 0.3) is 0 Å². The predicted octanol–water partition coefficient (Wildman–Crippen LogP) is 1.11. The number of para-hydroxylation sites is 2. The normalized spacial score (nSPS) is 10.9. The van der Waals surface area contributed by atoms with Crippen molar-refractivity contribution in [1.82, 2.24) is 0 Å². The van der Waals surface area contributed by atoms with Crippen LogP contribution in [-0.4, -0.2) is 37.4 Å². The number of hydrogen-bond acceptors (Lipinski definition) is 5. The summed E-state index contributed by atoms with van der Waals surface area (Å²) in [7, 11) is -3.54. The molecule has 0 aliphatic carbocycles. The number of benzene rings is 1. The molecule has 1 aromatic rings. The molecule has 6 nitrogen and oxygen atoms in total. The largest absolute Gasteiger partial charge is 0.492 e. The minimum atomic E-state index is -3.54. The van der Waals surface area contributed by atoms with E-state index in [2.05, 4.69) is 17.5 Å². The Hall–Kier alpha value is -1.67. The van der Waals surface area contributed by atoms with Crippen molar-refractivity contribution in [3.05, 3.63) is 24.3 Å². The van der Waals surface area contributed by atoms with Crippen molar-refractivity contribution in [3.8, 4) is 5.75 Å². The lowest BCUT2D eigenvalue weighted by molar-refractivity contribution is -0.113. The van der Waals surface area contributed by atoms with Crippen LogP contribution < -0.4 is 15.8 Å². The third-order valence-corrected chi connectivity index (χ3v) is 4.20. The average Bonchev–Trinajstić information content (AvgIpc) is 2.38. The molecule has 0 unspecified atom stereocenters. The van der Waals surface area contributed by atoms with E-state index in [1.54, 1.807) is 24.3 Å². The molecule has 0 fully saturated rings. The summed E-state index contributed by atoms with van der Waals surface area (Å²) in [4.78, 5) is 11.9. The van der Waals surface area contributed by atoms with E-state index in [4.69, 9.17) is 10.5 Å². The van der Waals surface area contributed by atoms with E-state index in [0.717, 1.165) is 0 Å². The zero-order valence-electron chi connectivity index (χ0n) is 11.7. The molecule has 21 heavy (non-hydrogen) atoms. The highest BCUT2D eigenvalue weighted by atomic mass is 32.2. The van der Waals surface area contributed by atoms with Gasteiger partial charge >= 0.3 is 0 Å². The summed E-state index contributed by atoms with van der Waals surface area (Å²) in [6.45, 7) is 2.26. The van der Waals surface area contributed by atoms with E-state index in [1.165, 1.54) is 0 Å². The Bertz CT molecular complexity index is 614. The Labute approximate surface area is 129 Å². The molecule has 0 bridgehead atoms. The topological polar surface area (TPSA) is 98.5 Å². The summed E-state index contributed by atoms with van der Waals surface area (Å²) in [6, 6.07) is 6.82. The van der Waals surface area contributed by atoms with Crippen LogP contribution in [-0.2, 0) is 14.6 Å². The SMILES string of the molecule is CCOc1ccccc1NC(=O)CS(=O)(=O)CCC(N)=S. The smallest absolute Gasteiger partial charge is 0.239 e. The molecular weight excluding hydrogens is 312 g/mol. The van der Waals surface area contributed by atoms with Crippen molar-refractivity contribution in [2.45, 2.75) is 13.3 Å². The lowest BCUT2D eigenvalue weighted by Crippen LogP contribution is -2.26. The molecular formula is C13H18N2O4S2. The number of nitrogens with two attached hydrogens (primary N) is 1. The number of amides is 1. The van der Waals surface area contributed by atoms with E-state index >= 15 is 0 Å². The Morgan fingerprint density at radius 1 is 1.38 bits per heavy atom. The third kappa shape index (κ3) is 6.54. The lowest BCUT2D eigenvalue weighted by atomic mass is 10.3. The van der Waals surface area contributed by atoms with Crippen LogP contribution in [0.2, 0.25) is 0 Å². The first-order valence-electron chi connectivity index (χ1n) is 6.34. The zero-order chi connectivity index (χ0) is 15.9. The van der Waals surface area contributed by atoms with Crippen molar-refractivity contribution in [3.63, 3.8) is 0 Å². The van der Waals surface area contributed by atoms with Gasteiger partial charge in [-0.2, -0.15) is 0 Å². The number of carbonyl (C=O) groups excluding carboxylic acids is 1. The fourth-order valence-electron chi connectivity index (χ4n) is 1.57. The minimum absolute atomic E-state index is 0.0699. The van der Waals surface area contributed by atoms with Crippen molar-refractivity contribution >= 4 is 38.6 Å². The summed E-state index contributed by atoms with van der Waals surface area (Å²) in [6.07, 6.45) is 0.0699. The molecule has 0 aliphatic heterocycles. The number of carbonyl (C=O) groups is 1. The van der Waals surface area contributed by atoms with Crippen LogP contribution in [0.25, 0.3) is 0 Å². The van der Waals surface area contributed by atoms with Gasteiger partial charge in [0.2, 0.25) is 5.91 Å². The molecule has 116 valence electrons. The maximum Gasteiger partial charge on any atom is 0.239 e. The molecule has 0 aliphatic rings. The molecule has 0 heterocycles. The molecule has 8 heteroatoms. The van der Waals surface area contributed by atoms with Crippen LogP contribution in [0.15, 0.2) is 24.3 Å². The monoisotopic (exact) mass is 330 g/mol. The molecule has 3 N–H and O–H groups in total. The van der Waals surface area contributed by atoms with Crippen molar-refractivity contribution in [2.24, 2.45) is 5.73 Å². The lowest BCUT2D eigenvalue weighted by Gasteiger charge is -2.11. The molecule has 0 aromatic heterocycles. The van der Waals surface area contributed by atoms with Crippen LogP contribution in [0.1, 0.15) is 13.3 Å². The number of anilines is 1. The van der Waals surface area contributed by atoms with E-state index in [1.807, 2.05) is 6.92 Å². The van der Waals surface area contributed by atoms with Gasteiger partial charge in [-0.15, -0.1) is 0 Å². The Morgan fingerprint density at radius 2 is 2.05 bits per heavy atom. The Balaban J connectivity index is 2.67. The summed E-state index contributed by atoms with van der Waals surface area (Å²) in [5.74, 6) is -0.974. The van der Waals surface area contributed by atoms with Crippen molar-refractivity contribution < 1.29 is 17.9 Å². The van der Waals surface area contributed by atoms with Crippen molar-refractivity contribution in [1.29, 1.82) is 0 Å². The van der Waals surface area contributed by atoms with E-state index in [0.29, 0.717) is 18.0 Å². The number of thiocarbonyl (C=S) groups is 1. The fraction of sp³-hybridized carbons (Fsp3) is 0.385. The zero-order valence-corrected chi connectivity index (χ0v) is 13.3.